The fraction of sp³-hybridized carbons (Fsp3) is 0.391. The molecule has 0 saturated carbocycles. The molecule has 0 radical (unpaired) electrons. The third kappa shape index (κ3) is 4.19. The minimum atomic E-state index is -0.634. The third-order valence-electron chi connectivity index (χ3n) is 5.02. The molecule has 2 aromatic carbocycles. The number of hydrogen-bond donors (Lipinski definition) is 1. The van der Waals surface area contributed by atoms with Crippen molar-refractivity contribution in [1.82, 2.24) is 5.32 Å². The summed E-state index contributed by atoms with van der Waals surface area (Å²) in [6.45, 7) is 6.67. The van der Waals surface area contributed by atoms with Crippen molar-refractivity contribution < 1.29 is 14.3 Å². The maximum Gasteiger partial charge on any atom is 0.254 e. The van der Waals surface area contributed by atoms with E-state index >= 15 is 0 Å². The van der Waals surface area contributed by atoms with Gasteiger partial charge in [-0.3, -0.25) is 9.59 Å². The summed E-state index contributed by atoms with van der Waals surface area (Å²) in [5, 5.41) is 2.79. The average molecular weight is 380 g/mol. The van der Waals surface area contributed by atoms with Crippen LogP contribution in [0.2, 0.25) is 0 Å². The Labute approximate surface area is 166 Å². The van der Waals surface area contributed by atoms with E-state index in [2.05, 4.69) is 12.2 Å². The molecule has 0 aliphatic carbocycles. The van der Waals surface area contributed by atoms with Crippen molar-refractivity contribution in [2.45, 2.75) is 52.6 Å². The molecular formula is C23H28N2O3. The molecule has 0 aromatic heterocycles. The van der Waals surface area contributed by atoms with E-state index in [1.165, 1.54) is 6.92 Å². The van der Waals surface area contributed by atoms with E-state index in [-0.39, 0.29) is 11.8 Å². The van der Waals surface area contributed by atoms with Crippen LogP contribution in [-0.4, -0.2) is 18.4 Å². The number of para-hydroxylation sites is 2. The monoisotopic (exact) mass is 380 g/mol. The molecule has 0 unspecified atom stereocenters. The number of amides is 2. The summed E-state index contributed by atoms with van der Waals surface area (Å²) in [6.07, 6.45) is 3.30. The van der Waals surface area contributed by atoms with Gasteiger partial charge in [0.15, 0.2) is 0 Å². The summed E-state index contributed by atoms with van der Waals surface area (Å²) in [5.74, 6) is 0.483. The first-order chi connectivity index (χ1) is 13.5. The highest BCUT2D eigenvalue weighted by Crippen LogP contribution is 2.40. The molecule has 5 heteroatoms. The zero-order valence-electron chi connectivity index (χ0n) is 16.8. The van der Waals surface area contributed by atoms with Crippen LogP contribution >= 0.6 is 0 Å². The fourth-order valence-corrected chi connectivity index (χ4v) is 3.66. The Balaban J connectivity index is 1.87. The lowest BCUT2D eigenvalue weighted by atomic mass is 10.0. The highest BCUT2D eigenvalue weighted by molar-refractivity contribution is 6.06. The average Bonchev–Trinajstić information content (AvgIpc) is 2.93. The maximum atomic E-state index is 13.1. The Morgan fingerprint density at radius 2 is 1.93 bits per heavy atom. The van der Waals surface area contributed by atoms with Crippen LogP contribution in [0, 0.1) is 6.92 Å². The van der Waals surface area contributed by atoms with E-state index in [9.17, 15) is 9.59 Å². The number of benzene rings is 2. The third-order valence-corrected chi connectivity index (χ3v) is 5.02. The van der Waals surface area contributed by atoms with E-state index < -0.39 is 6.04 Å². The molecule has 1 aliphatic heterocycles. The number of unbranched alkanes of at least 4 members (excludes halogenated alkanes) is 2. The second kappa shape index (κ2) is 8.91. The lowest BCUT2D eigenvalue weighted by molar-refractivity contribution is -0.126. The second-order valence-corrected chi connectivity index (χ2v) is 7.23. The molecule has 2 amide bonds. The predicted octanol–water partition coefficient (Wildman–Crippen LogP) is 4.29. The summed E-state index contributed by atoms with van der Waals surface area (Å²) in [5.41, 5.74) is 3.71. The number of fused-ring (bicyclic) bond motifs is 1. The molecule has 0 spiro atoms. The largest absolute Gasteiger partial charge is 0.493 e. The summed E-state index contributed by atoms with van der Waals surface area (Å²) in [6, 6.07) is 13.0. The molecule has 2 aromatic rings. The minimum absolute atomic E-state index is 0.111. The highest BCUT2D eigenvalue weighted by Gasteiger charge is 2.38. The van der Waals surface area contributed by atoms with Gasteiger partial charge in [-0.15, -0.1) is 0 Å². The SMILES string of the molecule is CCCCCOc1ccccc1CN1C(=O)[C@H](NC(C)=O)c2cccc(C)c21. The van der Waals surface area contributed by atoms with Gasteiger partial charge in [-0.05, 0) is 25.0 Å². The van der Waals surface area contributed by atoms with Gasteiger partial charge in [0.05, 0.1) is 18.8 Å². The van der Waals surface area contributed by atoms with Gasteiger partial charge in [-0.25, -0.2) is 0 Å². The Bertz CT molecular complexity index is 863. The van der Waals surface area contributed by atoms with E-state index in [4.69, 9.17) is 4.74 Å². The van der Waals surface area contributed by atoms with Gasteiger partial charge in [-0.1, -0.05) is 56.2 Å². The fourth-order valence-electron chi connectivity index (χ4n) is 3.66. The molecular weight excluding hydrogens is 352 g/mol. The Morgan fingerprint density at radius 1 is 1.14 bits per heavy atom. The van der Waals surface area contributed by atoms with Gasteiger partial charge >= 0.3 is 0 Å². The van der Waals surface area contributed by atoms with Crippen LogP contribution in [0.15, 0.2) is 42.5 Å². The summed E-state index contributed by atoms with van der Waals surface area (Å²) in [7, 11) is 0. The van der Waals surface area contributed by atoms with Crippen LogP contribution in [0.3, 0.4) is 0 Å². The Morgan fingerprint density at radius 3 is 2.68 bits per heavy atom. The Kier molecular flexibility index (Phi) is 6.34. The molecule has 0 bridgehead atoms. The van der Waals surface area contributed by atoms with Gasteiger partial charge in [-0.2, -0.15) is 0 Å². The van der Waals surface area contributed by atoms with Gasteiger partial charge in [0.25, 0.3) is 5.91 Å². The molecule has 1 heterocycles. The zero-order chi connectivity index (χ0) is 20.1. The first-order valence-corrected chi connectivity index (χ1v) is 9.91. The standard InChI is InChI=1S/C23H28N2O3/c1-4-5-8-14-28-20-13-7-6-11-18(20)15-25-22-16(2)10-9-12-19(22)21(23(25)27)24-17(3)26/h6-7,9-13,21H,4-5,8,14-15H2,1-3H3,(H,24,26)/t21-/m1/s1. The van der Waals surface area contributed by atoms with Gasteiger partial charge < -0.3 is 15.0 Å². The second-order valence-electron chi connectivity index (χ2n) is 7.23. The molecule has 28 heavy (non-hydrogen) atoms. The smallest absolute Gasteiger partial charge is 0.254 e. The van der Waals surface area contributed by atoms with Crippen molar-refractivity contribution in [2.75, 3.05) is 11.5 Å². The number of ether oxygens (including phenoxy) is 1. The molecule has 0 saturated heterocycles. The Hall–Kier alpha value is -2.82. The normalized spacial score (nSPS) is 15.5. The topological polar surface area (TPSA) is 58.6 Å². The molecule has 3 rings (SSSR count). The lowest BCUT2D eigenvalue weighted by Gasteiger charge is -2.21. The van der Waals surface area contributed by atoms with Crippen molar-refractivity contribution in [2.24, 2.45) is 0 Å². The van der Waals surface area contributed by atoms with Crippen molar-refractivity contribution in [3.63, 3.8) is 0 Å². The number of carbonyl (C=O) groups is 2. The zero-order valence-corrected chi connectivity index (χ0v) is 16.8. The van der Waals surface area contributed by atoms with E-state index in [1.807, 2.05) is 49.4 Å². The van der Waals surface area contributed by atoms with E-state index in [1.54, 1.807) is 4.90 Å². The quantitative estimate of drug-likeness (QED) is 0.695. The first-order valence-electron chi connectivity index (χ1n) is 9.91. The number of hydrogen-bond acceptors (Lipinski definition) is 3. The van der Waals surface area contributed by atoms with Gasteiger partial charge in [0.1, 0.15) is 11.8 Å². The van der Waals surface area contributed by atoms with Crippen LogP contribution in [-0.2, 0) is 16.1 Å². The number of anilines is 1. The number of nitrogens with one attached hydrogen (secondary N) is 1. The van der Waals surface area contributed by atoms with Gasteiger partial charge in [0, 0.05) is 18.1 Å². The summed E-state index contributed by atoms with van der Waals surface area (Å²) >= 11 is 0. The molecule has 1 aliphatic rings. The number of nitrogens with zero attached hydrogens (tertiary/aromatic N) is 1. The van der Waals surface area contributed by atoms with Crippen molar-refractivity contribution in [3.8, 4) is 5.75 Å². The molecule has 148 valence electrons. The number of rotatable bonds is 8. The summed E-state index contributed by atoms with van der Waals surface area (Å²) in [4.78, 5) is 26.5. The first kappa shape index (κ1) is 19.9. The van der Waals surface area contributed by atoms with Gasteiger partial charge in [0.2, 0.25) is 5.91 Å². The molecule has 1 N–H and O–H groups in total. The van der Waals surface area contributed by atoms with Crippen molar-refractivity contribution in [3.05, 3.63) is 59.2 Å². The maximum absolute atomic E-state index is 13.1. The summed E-state index contributed by atoms with van der Waals surface area (Å²) < 4.78 is 5.99. The van der Waals surface area contributed by atoms with E-state index in [0.29, 0.717) is 13.2 Å². The van der Waals surface area contributed by atoms with E-state index in [0.717, 1.165) is 47.4 Å². The number of aryl methyl sites for hydroxylation is 1. The van der Waals surface area contributed by atoms with Crippen LogP contribution < -0.4 is 15.0 Å². The molecule has 1 atom stereocenters. The van der Waals surface area contributed by atoms with Crippen molar-refractivity contribution in [1.29, 1.82) is 0 Å². The van der Waals surface area contributed by atoms with Crippen LogP contribution in [0.25, 0.3) is 0 Å². The molecule has 5 nitrogen and oxygen atoms in total. The van der Waals surface area contributed by atoms with Crippen LogP contribution in [0.1, 0.15) is 55.8 Å². The number of carbonyl (C=O) groups excluding carboxylic acids is 2. The lowest BCUT2D eigenvalue weighted by Crippen LogP contribution is -2.36. The van der Waals surface area contributed by atoms with Crippen molar-refractivity contribution >= 4 is 17.5 Å². The predicted molar refractivity (Wildman–Crippen MR) is 110 cm³/mol. The molecule has 0 fully saturated rings. The van der Waals surface area contributed by atoms with Crippen LogP contribution in [0.5, 0.6) is 5.75 Å². The minimum Gasteiger partial charge on any atom is -0.493 e. The highest BCUT2D eigenvalue weighted by atomic mass is 16.5. The van der Waals surface area contributed by atoms with Crippen LogP contribution in [0.4, 0.5) is 5.69 Å².